The Morgan fingerprint density at radius 1 is 1.40 bits per heavy atom. The molecule has 0 radical (unpaired) electrons. The zero-order chi connectivity index (χ0) is 14.0. The maximum Gasteiger partial charge on any atom is 0.241 e. The lowest BCUT2D eigenvalue weighted by molar-refractivity contribution is 0.349. The summed E-state index contributed by atoms with van der Waals surface area (Å²) in [4.78, 5) is 0.302. The molecule has 1 aromatic rings. The Labute approximate surface area is 135 Å². The summed E-state index contributed by atoms with van der Waals surface area (Å²) in [6.07, 6.45) is 1.86. The fourth-order valence-electron chi connectivity index (χ4n) is 2.29. The Balaban J connectivity index is 0.00000200. The molecule has 2 unspecified atom stereocenters. The number of aryl methyl sites for hydroxylation is 1. The molecule has 1 aliphatic heterocycles. The van der Waals surface area contributed by atoms with E-state index in [0.29, 0.717) is 9.37 Å². The van der Waals surface area contributed by atoms with E-state index in [4.69, 9.17) is 0 Å². The van der Waals surface area contributed by atoms with Crippen LogP contribution in [0.25, 0.3) is 0 Å². The molecule has 2 rings (SSSR count). The second-order valence-electron chi connectivity index (χ2n) is 5.05. The van der Waals surface area contributed by atoms with Gasteiger partial charge in [0.05, 0.1) is 4.90 Å². The molecule has 4 nitrogen and oxygen atoms in total. The second-order valence-corrected chi connectivity index (χ2v) is 7.58. The van der Waals surface area contributed by atoms with Gasteiger partial charge in [0.15, 0.2) is 0 Å². The maximum atomic E-state index is 12.4. The first kappa shape index (κ1) is 17.9. The Bertz CT molecular complexity index is 565. The summed E-state index contributed by atoms with van der Waals surface area (Å²) < 4.78 is 28.2. The van der Waals surface area contributed by atoms with Crippen molar-refractivity contribution in [3.8, 4) is 0 Å². The van der Waals surface area contributed by atoms with Crippen LogP contribution in [0.15, 0.2) is 27.6 Å². The summed E-state index contributed by atoms with van der Waals surface area (Å²) in [5.74, 6) is 0. The van der Waals surface area contributed by atoms with Crippen molar-refractivity contribution in [2.45, 2.75) is 43.7 Å². The Morgan fingerprint density at radius 2 is 2.10 bits per heavy atom. The smallest absolute Gasteiger partial charge is 0.241 e. The van der Waals surface area contributed by atoms with Crippen molar-refractivity contribution in [3.05, 3.63) is 28.2 Å². The lowest BCUT2D eigenvalue weighted by atomic mass is 10.0. The highest BCUT2D eigenvalue weighted by molar-refractivity contribution is 9.10. The van der Waals surface area contributed by atoms with Crippen LogP contribution in [0.3, 0.4) is 0 Å². The van der Waals surface area contributed by atoms with E-state index < -0.39 is 10.0 Å². The number of nitrogens with one attached hydrogen (secondary N) is 2. The zero-order valence-corrected chi connectivity index (χ0v) is 14.7. The highest BCUT2D eigenvalue weighted by atomic mass is 79.9. The SMILES string of the molecule is Cc1ccc(S(=O)(=O)NC2CCCNC2C)c(Br)c1.Cl. The van der Waals surface area contributed by atoms with Gasteiger partial charge in [-0.05, 0) is 66.9 Å². The molecule has 1 aromatic carbocycles. The minimum atomic E-state index is -3.48. The average Bonchev–Trinajstić information content (AvgIpc) is 2.31. The summed E-state index contributed by atoms with van der Waals surface area (Å²) in [6.45, 7) is 4.89. The molecule has 1 fully saturated rings. The topological polar surface area (TPSA) is 58.2 Å². The lowest BCUT2D eigenvalue weighted by Gasteiger charge is -2.30. The molecular formula is C13H20BrClN2O2S. The van der Waals surface area contributed by atoms with Gasteiger partial charge in [0.2, 0.25) is 10.0 Å². The summed E-state index contributed by atoms with van der Waals surface area (Å²) in [7, 11) is -3.48. The number of benzene rings is 1. The standard InChI is InChI=1S/C13H19BrN2O2S.ClH/c1-9-5-6-13(11(14)8-9)19(17,18)16-12-4-3-7-15-10(12)2;/h5-6,8,10,12,15-16H,3-4,7H2,1-2H3;1H. The largest absolute Gasteiger partial charge is 0.313 e. The van der Waals surface area contributed by atoms with Gasteiger partial charge in [-0.1, -0.05) is 6.07 Å². The van der Waals surface area contributed by atoms with Gasteiger partial charge < -0.3 is 5.32 Å². The quantitative estimate of drug-likeness (QED) is 0.843. The van der Waals surface area contributed by atoms with E-state index in [0.717, 1.165) is 24.9 Å². The average molecular weight is 384 g/mol. The molecule has 1 aliphatic rings. The third-order valence-corrected chi connectivity index (χ3v) is 5.91. The minimum absolute atomic E-state index is 0. The van der Waals surface area contributed by atoms with E-state index in [9.17, 15) is 8.42 Å². The van der Waals surface area contributed by atoms with Crippen molar-refractivity contribution < 1.29 is 8.42 Å². The van der Waals surface area contributed by atoms with E-state index in [1.165, 1.54) is 0 Å². The van der Waals surface area contributed by atoms with E-state index in [2.05, 4.69) is 26.0 Å². The number of piperidine rings is 1. The van der Waals surface area contributed by atoms with Crippen LogP contribution in [0, 0.1) is 6.92 Å². The highest BCUT2D eigenvalue weighted by Gasteiger charge is 2.27. The van der Waals surface area contributed by atoms with Gasteiger partial charge in [-0.15, -0.1) is 12.4 Å². The van der Waals surface area contributed by atoms with Gasteiger partial charge in [0.25, 0.3) is 0 Å². The van der Waals surface area contributed by atoms with Crippen molar-refractivity contribution in [2.75, 3.05) is 6.54 Å². The molecule has 0 spiro atoms. The van der Waals surface area contributed by atoms with Crippen LogP contribution in [0.2, 0.25) is 0 Å². The van der Waals surface area contributed by atoms with Gasteiger partial charge in [0, 0.05) is 16.6 Å². The van der Waals surface area contributed by atoms with Crippen molar-refractivity contribution in [1.82, 2.24) is 10.0 Å². The molecule has 20 heavy (non-hydrogen) atoms. The van der Waals surface area contributed by atoms with Gasteiger partial charge in [-0.25, -0.2) is 13.1 Å². The van der Waals surface area contributed by atoms with Crippen LogP contribution in [-0.2, 0) is 10.0 Å². The Kier molecular flexibility index (Phi) is 6.47. The van der Waals surface area contributed by atoms with E-state index >= 15 is 0 Å². The third-order valence-electron chi connectivity index (χ3n) is 3.45. The Morgan fingerprint density at radius 3 is 2.70 bits per heavy atom. The molecule has 114 valence electrons. The fraction of sp³-hybridized carbons (Fsp3) is 0.538. The predicted octanol–water partition coefficient (Wildman–Crippen LogP) is 2.60. The first-order chi connectivity index (χ1) is 8.90. The minimum Gasteiger partial charge on any atom is -0.313 e. The summed E-state index contributed by atoms with van der Waals surface area (Å²) >= 11 is 3.33. The molecule has 7 heteroatoms. The predicted molar refractivity (Wildman–Crippen MR) is 86.9 cm³/mol. The second kappa shape index (κ2) is 7.22. The molecular weight excluding hydrogens is 364 g/mol. The normalized spacial score (nSPS) is 23.1. The summed E-state index contributed by atoms with van der Waals surface area (Å²) in [5.41, 5.74) is 1.03. The van der Waals surface area contributed by atoms with E-state index in [1.807, 2.05) is 26.0 Å². The molecule has 2 N–H and O–H groups in total. The molecule has 1 heterocycles. The maximum absolute atomic E-state index is 12.4. The number of rotatable bonds is 3. The van der Waals surface area contributed by atoms with Crippen LogP contribution in [-0.4, -0.2) is 27.0 Å². The van der Waals surface area contributed by atoms with E-state index in [-0.39, 0.29) is 24.5 Å². The molecule has 2 atom stereocenters. The molecule has 0 aliphatic carbocycles. The fourth-order valence-corrected chi connectivity index (χ4v) is 4.83. The molecule has 0 bridgehead atoms. The van der Waals surface area contributed by atoms with Crippen LogP contribution in [0.1, 0.15) is 25.3 Å². The van der Waals surface area contributed by atoms with E-state index in [1.54, 1.807) is 6.07 Å². The van der Waals surface area contributed by atoms with Crippen LogP contribution in [0.5, 0.6) is 0 Å². The van der Waals surface area contributed by atoms with Gasteiger partial charge >= 0.3 is 0 Å². The molecule has 0 saturated carbocycles. The van der Waals surface area contributed by atoms with Gasteiger partial charge in [-0.2, -0.15) is 0 Å². The molecule has 0 amide bonds. The number of hydrogen-bond donors (Lipinski definition) is 2. The summed E-state index contributed by atoms with van der Waals surface area (Å²) in [6, 6.07) is 5.38. The first-order valence-corrected chi connectivity index (χ1v) is 8.69. The number of hydrogen-bond acceptors (Lipinski definition) is 3. The zero-order valence-electron chi connectivity index (χ0n) is 11.5. The Hall–Kier alpha value is -0.140. The molecule has 1 saturated heterocycles. The van der Waals surface area contributed by atoms with Crippen molar-refractivity contribution in [2.24, 2.45) is 0 Å². The molecule has 0 aromatic heterocycles. The monoisotopic (exact) mass is 382 g/mol. The lowest BCUT2D eigenvalue weighted by Crippen LogP contribution is -2.51. The van der Waals surface area contributed by atoms with Crippen molar-refractivity contribution in [1.29, 1.82) is 0 Å². The van der Waals surface area contributed by atoms with Crippen LogP contribution in [0.4, 0.5) is 0 Å². The number of sulfonamides is 1. The van der Waals surface area contributed by atoms with Crippen molar-refractivity contribution in [3.63, 3.8) is 0 Å². The van der Waals surface area contributed by atoms with Gasteiger partial charge in [-0.3, -0.25) is 0 Å². The first-order valence-electron chi connectivity index (χ1n) is 6.42. The van der Waals surface area contributed by atoms with Crippen molar-refractivity contribution >= 4 is 38.4 Å². The third kappa shape index (κ3) is 4.18. The van der Waals surface area contributed by atoms with Gasteiger partial charge in [0.1, 0.15) is 0 Å². The summed E-state index contributed by atoms with van der Waals surface area (Å²) in [5, 5.41) is 3.29. The van der Waals surface area contributed by atoms with Crippen LogP contribution >= 0.6 is 28.3 Å². The highest BCUT2D eigenvalue weighted by Crippen LogP contribution is 2.24. The number of halogens is 2. The van der Waals surface area contributed by atoms with Crippen LogP contribution < -0.4 is 10.0 Å².